The number of carbonyl (C=O) groups is 1. The molecule has 0 saturated heterocycles. The standard InChI is InChI=1S/C66H131N2O6P/c1-6-8-10-12-14-16-18-20-22-23-24-25-26-27-28-29-30-31-32-33-34-35-36-37-38-39-40-41-42-43-44-45-46-48-50-52-54-56-58-60-66(70)67-64(63-74-75(71,72)73-62-61-68(3,4)5)65(69)59-57-55-53-51-49-47-21-19-17-15-13-11-9-7-2/h49,51,57,59,64-65,69H,6-48,50,52-56,58,60-63H2,1-5H3,(H-,67,70,71,72)/b51-49+,59-57+. The SMILES string of the molecule is CCCCCCCCCC/C=C/CC/C=C/C(O)C(COP(=O)([O-])OCC[N+](C)(C)C)NC(=O)CCCCCCCCCCCCCCCCCCCCCCCCCCCCCCCCCCCCCCCCC. The Balaban J connectivity index is 3.85. The molecule has 0 spiro atoms. The number of allylic oxidation sites excluding steroid dienone is 3. The lowest BCUT2D eigenvalue weighted by Gasteiger charge is -2.29. The number of aliphatic hydroxyl groups excluding tert-OH is 1. The van der Waals surface area contributed by atoms with Gasteiger partial charge in [-0.1, -0.05) is 327 Å². The molecule has 3 atom stereocenters. The molecule has 2 N–H and O–H groups in total. The normalized spacial score (nSPS) is 13.9. The zero-order chi connectivity index (χ0) is 54.9. The van der Waals surface area contributed by atoms with E-state index in [-0.39, 0.29) is 19.1 Å². The van der Waals surface area contributed by atoms with Crippen LogP contribution in [0.25, 0.3) is 0 Å². The van der Waals surface area contributed by atoms with Gasteiger partial charge in [0.1, 0.15) is 13.2 Å². The minimum atomic E-state index is -4.60. The minimum absolute atomic E-state index is 0.00385. The van der Waals surface area contributed by atoms with Crippen molar-refractivity contribution in [3.63, 3.8) is 0 Å². The van der Waals surface area contributed by atoms with E-state index in [4.69, 9.17) is 9.05 Å². The molecule has 0 aliphatic heterocycles. The summed E-state index contributed by atoms with van der Waals surface area (Å²) in [4.78, 5) is 25.5. The smallest absolute Gasteiger partial charge is 0.268 e. The van der Waals surface area contributed by atoms with Crippen molar-refractivity contribution < 1.29 is 32.9 Å². The van der Waals surface area contributed by atoms with Crippen LogP contribution in [0, 0.1) is 0 Å². The molecule has 446 valence electrons. The number of hydrogen-bond acceptors (Lipinski definition) is 6. The summed E-state index contributed by atoms with van der Waals surface area (Å²) in [7, 11) is 1.26. The zero-order valence-electron chi connectivity index (χ0n) is 51.0. The third kappa shape index (κ3) is 60.5. The van der Waals surface area contributed by atoms with E-state index < -0.39 is 20.0 Å². The van der Waals surface area contributed by atoms with Crippen molar-refractivity contribution in [2.24, 2.45) is 0 Å². The zero-order valence-corrected chi connectivity index (χ0v) is 51.9. The predicted molar refractivity (Wildman–Crippen MR) is 325 cm³/mol. The van der Waals surface area contributed by atoms with Crippen LogP contribution >= 0.6 is 7.82 Å². The summed E-state index contributed by atoms with van der Waals surface area (Å²) in [6, 6.07) is -0.900. The third-order valence-electron chi connectivity index (χ3n) is 15.4. The third-order valence-corrected chi connectivity index (χ3v) is 16.4. The molecule has 8 nitrogen and oxygen atoms in total. The second-order valence-corrected chi connectivity index (χ2v) is 25.6. The van der Waals surface area contributed by atoms with Gasteiger partial charge in [-0.05, 0) is 32.1 Å². The molecule has 0 heterocycles. The number of rotatable bonds is 62. The number of aliphatic hydroxyl groups is 1. The van der Waals surface area contributed by atoms with Gasteiger partial charge in [0.05, 0.1) is 39.9 Å². The molecular weight excluding hydrogens is 948 g/mol. The lowest BCUT2D eigenvalue weighted by atomic mass is 10.0. The van der Waals surface area contributed by atoms with Crippen LogP contribution in [0.1, 0.15) is 341 Å². The maximum atomic E-state index is 13.0. The molecule has 0 aromatic heterocycles. The fraction of sp³-hybridized carbons (Fsp3) is 0.924. The highest BCUT2D eigenvalue weighted by atomic mass is 31.2. The second-order valence-electron chi connectivity index (χ2n) is 24.2. The Kier molecular flexibility index (Phi) is 56.9. The van der Waals surface area contributed by atoms with Gasteiger partial charge in [0, 0.05) is 6.42 Å². The van der Waals surface area contributed by atoms with Crippen LogP contribution in [0.4, 0.5) is 0 Å². The molecule has 0 fully saturated rings. The van der Waals surface area contributed by atoms with Crippen LogP contribution in [-0.2, 0) is 18.4 Å². The summed E-state index contributed by atoms with van der Waals surface area (Å²) >= 11 is 0. The Morgan fingerprint density at radius 1 is 0.453 bits per heavy atom. The van der Waals surface area contributed by atoms with Gasteiger partial charge < -0.3 is 28.8 Å². The van der Waals surface area contributed by atoms with E-state index in [1.165, 1.54) is 283 Å². The average molecular weight is 1080 g/mol. The van der Waals surface area contributed by atoms with Crippen molar-refractivity contribution in [1.29, 1.82) is 0 Å². The molecule has 0 aromatic rings. The largest absolute Gasteiger partial charge is 0.756 e. The fourth-order valence-electron chi connectivity index (χ4n) is 10.2. The van der Waals surface area contributed by atoms with Crippen molar-refractivity contribution in [2.45, 2.75) is 353 Å². The van der Waals surface area contributed by atoms with E-state index in [2.05, 4.69) is 31.3 Å². The lowest BCUT2D eigenvalue weighted by molar-refractivity contribution is -0.870. The van der Waals surface area contributed by atoms with E-state index in [0.717, 1.165) is 38.5 Å². The van der Waals surface area contributed by atoms with Crippen LogP contribution in [0.15, 0.2) is 24.3 Å². The van der Waals surface area contributed by atoms with Gasteiger partial charge in [0.25, 0.3) is 7.82 Å². The number of nitrogens with zero attached hydrogens (tertiary/aromatic N) is 1. The number of amides is 1. The first-order valence-corrected chi connectivity index (χ1v) is 34.7. The molecule has 0 saturated carbocycles. The Morgan fingerprint density at radius 3 is 1.08 bits per heavy atom. The van der Waals surface area contributed by atoms with Gasteiger partial charge in [-0.15, -0.1) is 0 Å². The molecule has 75 heavy (non-hydrogen) atoms. The molecule has 3 unspecified atom stereocenters. The maximum absolute atomic E-state index is 13.0. The molecule has 9 heteroatoms. The Labute approximate surface area is 468 Å². The molecule has 0 aromatic carbocycles. The second kappa shape index (κ2) is 57.7. The van der Waals surface area contributed by atoms with Gasteiger partial charge in [0.15, 0.2) is 0 Å². The average Bonchev–Trinajstić information content (AvgIpc) is 3.37. The summed E-state index contributed by atoms with van der Waals surface area (Å²) in [5.41, 5.74) is 0. The van der Waals surface area contributed by atoms with Crippen molar-refractivity contribution >= 4 is 13.7 Å². The number of likely N-dealkylation sites (N-methyl/N-ethyl adjacent to an activating group) is 1. The summed E-state index contributed by atoms with van der Waals surface area (Å²) < 4.78 is 23.3. The quantitative estimate of drug-likeness (QED) is 0.0272. The number of phosphoric ester groups is 1. The van der Waals surface area contributed by atoms with Gasteiger partial charge in [0.2, 0.25) is 5.91 Å². The first-order chi connectivity index (χ1) is 36.5. The molecule has 0 rings (SSSR count). The highest BCUT2D eigenvalue weighted by Crippen LogP contribution is 2.38. The van der Waals surface area contributed by atoms with Gasteiger partial charge in [-0.3, -0.25) is 9.36 Å². The van der Waals surface area contributed by atoms with Crippen LogP contribution in [0.3, 0.4) is 0 Å². The number of quaternary nitrogens is 1. The molecule has 1 amide bonds. The maximum Gasteiger partial charge on any atom is 0.268 e. The Hall–Kier alpha value is -1.02. The summed E-state index contributed by atoms with van der Waals surface area (Å²) in [5.74, 6) is -0.201. The fourth-order valence-corrected chi connectivity index (χ4v) is 11.0. The van der Waals surface area contributed by atoms with E-state index in [1.807, 2.05) is 27.2 Å². The van der Waals surface area contributed by atoms with Crippen LogP contribution in [0.5, 0.6) is 0 Å². The van der Waals surface area contributed by atoms with Gasteiger partial charge in [-0.2, -0.15) is 0 Å². The number of carbonyl (C=O) groups excluding carboxylic acids is 1. The Morgan fingerprint density at radius 2 is 0.747 bits per heavy atom. The van der Waals surface area contributed by atoms with E-state index in [1.54, 1.807) is 6.08 Å². The molecule has 0 radical (unpaired) electrons. The topological polar surface area (TPSA) is 108 Å². The van der Waals surface area contributed by atoms with Gasteiger partial charge in [-0.25, -0.2) is 0 Å². The summed E-state index contributed by atoms with van der Waals surface area (Å²) in [6.45, 7) is 4.66. The van der Waals surface area contributed by atoms with Crippen LogP contribution in [0.2, 0.25) is 0 Å². The minimum Gasteiger partial charge on any atom is -0.756 e. The Bertz CT molecular complexity index is 1270. The monoisotopic (exact) mass is 1080 g/mol. The predicted octanol–water partition coefficient (Wildman–Crippen LogP) is 20.1. The van der Waals surface area contributed by atoms with Gasteiger partial charge >= 0.3 is 0 Å². The van der Waals surface area contributed by atoms with Crippen molar-refractivity contribution in [2.75, 3.05) is 40.9 Å². The summed E-state index contributed by atoms with van der Waals surface area (Å²) in [5, 5.41) is 13.9. The number of unbranched alkanes of at least 4 members (excludes halogenated alkanes) is 47. The van der Waals surface area contributed by atoms with Crippen molar-refractivity contribution in [3.05, 3.63) is 24.3 Å². The first kappa shape index (κ1) is 74.0. The van der Waals surface area contributed by atoms with E-state index >= 15 is 0 Å². The summed E-state index contributed by atoms with van der Waals surface area (Å²) in [6.07, 6.45) is 74.7. The highest BCUT2D eigenvalue weighted by Gasteiger charge is 2.23. The van der Waals surface area contributed by atoms with E-state index in [0.29, 0.717) is 17.4 Å². The van der Waals surface area contributed by atoms with Crippen LogP contribution in [-0.4, -0.2) is 68.5 Å². The molecule has 0 bridgehead atoms. The van der Waals surface area contributed by atoms with Crippen molar-refractivity contribution in [1.82, 2.24) is 5.32 Å². The molecule has 0 aliphatic carbocycles. The van der Waals surface area contributed by atoms with Crippen molar-refractivity contribution in [3.8, 4) is 0 Å². The number of phosphoric acid groups is 1. The van der Waals surface area contributed by atoms with Crippen LogP contribution < -0.4 is 10.2 Å². The molecular formula is C66H131N2O6P. The number of hydrogen-bond donors (Lipinski definition) is 2. The van der Waals surface area contributed by atoms with E-state index in [9.17, 15) is 19.4 Å². The first-order valence-electron chi connectivity index (χ1n) is 33.2. The lowest BCUT2D eigenvalue weighted by Crippen LogP contribution is -2.45. The highest BCUT2D eigenvalue weighted by molar-refractivity contribution is 7.45. The molecule has 0 aliphatic rings. The number of nitrogens with one attached hydrogen (secondary N) is 1.